The van der Waals surface area contributed by atoms with Crippen molar-refractivity contribution in [3.05, 3.63) is 34.9 Å². The van der Waals surface area contributed by atoms with Gasteiger partial charge in [-0.2, -0.15) is 4.98 Å². The Labute approximate surface area is 122 Å². The second-order valence-corrected chi connectivity index (χ2v) is 5.64. The number of hydrogen-bond donors (Lipinski definition) is 1. The molecule has 20 heavy (non-hydrogen) atoms. The van der Waals surface area contributed by atoms with Crippen LogP contribution in [0.15, 0.2) is 22.7 Å². The SMILES string of the molecule is CC(C)CC(N)Cc1nc(-c2ccc(F)c(Cl)c2)no1. The van der Waals surface area contributed by atoms with E-state index in [2.05, 4.69) is 24.0 Å². The van der Waals surface area contributed by atoms with Gasteiger partial charge in [0.1, 0.15) is 5.82 Å². The van der Waals surface area contributed by atoms with Crippen molar-refractivity contribution in [2.75, 3.05) is 0 Å². The molecule has 1 aromatic heterocycles. The highest BCUT2D eigenvalue weighted by molar-refractivity contribution is 6.31. The van der Waals surface area contributed by atoms with Gasteiger partial charge >= 0.3 is 0 Å². The Bertz CT molecular complexity index is 586. The van der Waals surface area contributed by atoms with Crippen LogP contribution in [0.2, 0.25) is 5.02 Å². The van der Waals surface area contributed by atoms with Crippen molar-refractivity contribution >= 4 is 11.6 Å². The first-order valence-electron chi connectivity index (χ1n) is 6.49. The van der Waals surface area contributed by atoms with Gasteiger partial charge in [0.15, 0.2) is 0 Å². The van der Waals surface area contributed by atoms with Crippen molar-refractivity contribution < 1.29 is 8.91 Å². The predicted molar refractivity (Wildman–Crippen MR) is 75.8 cm³/mol. The van der Waals surface area contributed by atoms with Crippen LogP contribution in [0.5, 0.6) is 0 Å². The standard InChI is InChI=1S/C14H17ClFN3O/c1-8(2)5-10(17)7-13-18-14(19-20-13)9-3-4-12(16)11(15)6-9/h3-4,6,8,10H,5,7,17H2,1-2H3. The molecule has 0 amide bonds. The van der Waals surface area contributed by atoms with Crippen LogP contribution in [0, 0.1) is 11.7 Å². The maximum absolute atomic E-state index is 13.1. The molecule has 1 heterocycles. The zero-order valence-corrected chi connectivity index (χ0v) is 12.2. The summed E-state index contributed by atoms with van der Waals surface area (Å²) in [5.74, 6) is 0.911. The molecule has 2 rings (SSSR count). The van der Waals surface area contributed by atoms with Crippen molar-refractivity contribution in [3.8, 4) is 11.4 Å². The van der Waals surface area contributed by atoms with Crippen LogP contribution >= 0.6 is 11.6 Å². The van der Waals surface area contributed by atoms with Crippen molar-refractivity contribution in [1.29, 1.82) is 0 Å². The first-order chi connectivity index (χ1) is 9.45. The van der Waals surface area contributed by atoms with Gasteiger partial charge in [0, 0.05) is 18.0 Å². The minimum Gasteiger partial charge on any atom is -0.339 e. The zero-order valence-electron chi connectivity index (χ0n) is 11.4. The molecule has 0 saturated carbocycles. The first kappa shape index (κ1) is 14.9. The lowest BCUT2D eigenvalue weighted by Crippen LogP contribution is -2.24. The second-order valence-electron chi connectivity index (χ2n) is 5.23. The molecule has 0 saturated heterocycles. The highest BCUT2D eigenvalue weighted by Gasteiger charge is 2.14. The molecule has 0 radical (unpaired) electrons. The van der Waals surface area contributed by atoms with E-state index in [0.717, 1.165) is 6.42 Å². The first-order valence-corrected chi connectivity index (χ1v) is 6.87. The number of aromatic nitrogens is 2. The van der Waals surface area contributed by atoms with Gasteiger partial charge in [-0.15, -0.1) is 0 Å². The number of benzene rings is 1. The predicted octanol–water partition coefficient (Wildman–Crippen LogP) is 3.45. The molecular formula is C14H17ClFN3O. The number of halogens is 2. The average Bonchev–Trinajstić information content (AvgIpc) is 2.80. The van der Waals surface area contributed by atoms with E-state index in [0.29, 0.717) is 29.6 Å². The summed E-state index contributed by atoms with van der Waals surface area (Å²) < 4.78 is 18.3. The van der Waals surface area contributed by atoms with Gasteiger partial charge in [-0.1, -0.05) is 30.6 Å². The quantitative estimate of drug-likeness (QED) is 0.918. The van der Waals surface area contributed by atoms with Crippen LogP contribution in [0.25, 0.3) is 11.4 Å². The maximum Gasteiger partial charge on any atom is 0.228 e. The zero-order chi connectivity index (χ0) is 14.7. The van der Waals surface area contributed by atoms with Crippen LogP contribution in [-0.4, -0.2) is 16.2 Å². The molecule has 0 fully saturated rings. The third-order valence-electron chi connectivity index (χ3n) is 2.86. The molecule has 0 aliphatic heterocycles. The molecule has 6 heteroatoms. The van der Waals surface area contributed by atoms with Crippen LogP contribution in [0.1, 0.15) is 26.2 Å². The fraction of sp³-hybridized carbons (Fsp3) is 0.429. The molecule has 0 spiro atoms. The highest BCUT2D eigenvalue weighted by Crippen LogP contribution is 2.23. The third-order valence-corrected chi connectivity index (χ3v) is 3.15. The number of nitrogens with zero attached hydrogens (tertiary/aromatic N) is 2. The molecule has 4 nitrogen and oxygen atoms in total. The fourth-order valence-corrected chi connectivity index (χ4v) is 2.18. The Kier molecular flexibility index (Phi) is 4.73. The molecule has 0 aliphatic rings. The lowest BCUT2D eigenvalue weighted by atomic mass is 10.0. The number of nitrogens with two attached hydrogens (primary N) is 1. The molecule has 0 aliphatic carbocycles. The van der Waals surface area contributed by atoms with E-state index in [9.17, 15) is 4.39 Å². The minimum absolute atomic E-state index is 0.0138. The molecular weight excluding hydrogens is 281 g/mol. The lowest BCUT2D eigenvalue weighted by molar-refractivity contribution is 0.359. The van der Waals surface area contributed by atoms with Crippen molar-refractivity contribution in [2.24, 2.45) is 11.7 Å². The van der Waals surface area contributed by atoms with Crippen LogP contribution in [-0.2, 0) is 6.42 Å². The minimum atomic E-state index is -0.474. The molecule has 1 atom stereocenters. The van der Waals surface area contributed by atoms with Gasteiger partial charge in [0.2, 0.25) is 11.7 Å². The van der Waals surface area contributed by atoms with E-state index in [4.69, 9.17) is 21.9 Å². The molecule has 1 aromatic carbocycles. The normalized spacial score (nSPS) is 12.9. The molecule has 2 aromatic rings. The third kappa shape index (κ3) is 3.77. The van der Waals surface area contributed by atoms with E-state index in [1.807, 2.05) is 0 Å². The Morgan fingerprint density at radius 1 is 1.40 bits per heavy atom. The van der Waals surface area contributed by atoms with Crippen molar-refractivity contribution in [2.45, 2.75) is 32.7 Å². The lowest BCUT2D eigenvalue weighted by Gasteiger charge is -2.10. The van der Waals surface area contributed by atoms with Gasteiger partial charge in [0.05, 0.1) is 5.02 Å². The van der Waals surface area contributed by atoms with Gasteiger partial charge in [-0.3, -0.25) is 0 Å². The van der Waals surface area contributed by atoms with Crippen molar-refractivity contribution in [1.82, 2.24) is 10.1 Å². The molecule has 0 bridgehead atoms. The van der Waals surface area contributed by atoms with Crippen LogP contribution in [0.4, 0.5) is 4.39 Å². The summed E-state index contributed by atoms with van der Waals surface area (Å²) >= 11 is 5.73. The van der Waals surface area contributed by atoms with E-state index >= 15 is 0 Å². The van der Waals surface area contributed by atoms with Crippen LogP contribution in [0.3, 0.4) is 0 Å². The Morgan fingerprint density at radius 3 is 2.80 bits per heavy atom. The summed E-state index contributed by atoms with van der Waals surface area (Å²) in [6.07, 6.45) is 1.42. The van der Waals surface area contributed by atoms with Gasteiger partial charge in [0.25, 0.3) is 0 Å². The highest BCUT2D eigenvalue weighted by atomic mass is 35.5. The summed E-state index contributed by atoms with van der Waals surface area (Å²) in [6, 6.07) is 4.29. The Balaban J connectivity index is 2.10. The summed E-state index contributed by atoms with van der Waals surface area (Å²) in [5.41, 5.74) is 6.61. The monoisotopic (exact) mass is 297 g/mol. The number of hydrogen-bond acceptors (Lipinski definition) is 4. The Hall–Kier alpha value is -1.46. The molecule has 108 valence electrons. The summed E-state index contributed by atoms with van der Waals surface area (Å²) in [4.78, 5) is 4.26. The van der Waals surface area contributed by atoms with Gasteiger partial charge < -0.3 is 10.3 Å². The fourth-order valence-electron chi connectivity index (χ4n) is 2.00. The van der Waals surface area contributed by atoms with Crippen LogP contribution < -0.4 is 5.73 Å². The van der Waals surface area contributed by atoms with Gasteiger partial charge in [-0.25, -0.2) is 4.39 Å². The summed E-state index contributed by atoms with van der Waals surface area (Å²) in [5, 5.41) is 3.90. The van der Waals surface area contributed by atoms with E-state index < -0.39 is 5.82 Å². The Morgan fingerprint density at radius 2 is 2.15 bits per heavy atom. The summed E-state index contributed by atoms with van der Waals surface area (Å²) in [7, 11) is 0. The van der Waals surface area contributed by atoms with Gasteiger partial charge in [-0.05, 0) is 30.5 Å². The molecule has 1 unspecified atom stereocenters. The van der Waals surface area contributed by atoms with E-state index in [-0.39, 0.29) is 11.1 Å². The second kappa shape index (κ2) is 6.33. The maximum atomic E-state index is 13.1. The van der Waals surface area contributed by atoms with E-state index in [1.54, 1.807) is 6.07 Å². The topological polar surface area (TPSA) is 64.9 Å². The van der Waals surface area contributed by atoms with Crippen molar-refractivity contribution in [3.63, 3.8) is 0 Å². The largest absolute Gasteiger partial charge is 0.339 e. The summed E-state index contributed by atoms with van der Waals surface area (Å²) in [6.45, 7) is 4.22. The number of rotatable bonds is 5. The average molecular weight is 298 g/mol. The molecule has 2 N–H and O–H groups in total. The smallest absolute Gasteiger partial charge is 0.228 e. The van der Waals surface area contributed by atoms with E-state index in [1.165, 1.54) is 12.1 Å².